The largest absolute Gasteiger partial charge is 0.389 e. The van der Waals surface area contributed by atoms with E-state index >= 15 is 0 Å². The molecule has 1 aromatic carbocycles. The van der Waals surface area contributed by atoms with Gasteiger partial charge in [-0.05, 0) is 48.6 Å². The lowest BCUT2D eigenvalue weighted by molar-refractivity contribution is -0.135. The van der Waals surface area contributed by atoms with Gasteiger partial charge in [0.25, 0.3) is 0 Å². The molecule has 0 aliphatic rings. The average molecular weight is 507 g/mol. The van der Waals surface area contributed by atoms with Crippen molar-refractivity contribution in [1.29, 1.82) is 0 Å². The Morgan fingerprint density at radius 3 is 2.12 bits per heavy atom. The molecule has 0 radical (unpaired) electrons. The van der Waals surface area contributed by atoms with Gasteiger partial charge in [0.2, 0.25) is 10.0 Å². The Morgan fingerprint density at radius 1 is 0.970 bits per heavy atom. The molecule has 9 heteroatoms. The zero-order valence-corrected chi connectivity index (χ0v) is 21.9. The van der Waals surface area contributed by atoms with E-state index in [0.717, 1.165) is 28.7 Å². The van der Waals surface area contributed by atoms with Gasteiger partial charge in [-0.3, -0.25) is 4.31 Å². The molecule has 0 saturated heterocycles. The summed E-state index contributed by atoms with van der Waals surface area (Å²) in [4.78, 5) is 2.17. The molecule has 0 unspecified atom stereocenters. The SMILES string of the molecule is Cc1c(N(CCCCC(F)(F)F)S(=O)(=O)CCN(CC(C)C)CC(C)C)sc2ccccc12. The van der Waals surface area contributed by atoms with Crippen molar-refractivity contribution < 1.29 is 21.6 Å². The fourth-order valence-corrected chi connectivity index (χ4v) is 7.09. The molecule has 1 heterocycles. The fourth-order valence-electron chi connectivity index (χ4n) is 3.99. The van der Waals surface area contributed by atoms with Crippen LogP contribution in [0.5, 0.6) is 0 Å². The third-order valence-electron chi connectivity index (χ3n) is 5.36. The summed E-state index contributed by atoms with van der Waals surface area (Å²) in [5, 5.41) is 1.59. The van der Waals surface area contributed by atoms with Gasteiger partial charge in [0.1, 0.15) is 5.00 Å². The second-order valence-electron chi connectivity index (χ2n) is 9.54. The van der Waals surface area contributed by atoms with Gasteiger partial charge in [-0.25, -0.2) is 8.42 Å². The van der Waals surface area contributed by atoms with E-state index < -0.39 is 22.6 Å². The molecule has 2 aromatic rings. The summed E-state index contributed by atoms with van der Waals surface area (Å²) in [5.74, 6) is 0.767. The van der Waals surface area contributed by atoms with Crippen molar-refractivity contribution in [2.24, 2.45) is 11.8 Å². The van der Waals surface area contributed by atoms with E-state index in [1.807, 2.05) is 31.2 Å². The van der Waals surface area contributed by atoms with Crippen LogP contribution in [0.15, 0.2) is 24.3 Å². The van der Waals surface area contributed by atoms with Gasteiger partial charge >= 0.3 is 6.18 Å². The summed E-state index contributed by atoms with van der Waals surface area (Å²) in [6.45, 7) is 12.4. The van der Waals surface area contributed by atoms with Gasteiger partial charge in [0, 0.05) is 37.3 Å². The molecule has 0 bridgehead atoms. The van der Waals surface area contributed by atoms with Crippen LogP contribution in [0.25, 0.3) is 10.1 Å². The maximum atomic E-state index is 13.5. The van der Waals surface area contributed by atoms with E-state index in [-0.39, 0.29) is 25.1 Å². The van der Waals surface area contributed by atoms with Crippen molar-refractivity contribution in [1.82, 2.24) is 4.90 Å². The number of unbranched alkanes of at least 4 members (excludes halogenated alkanes) is 1. The van der Waals surface area contributed by atoms with Crippen LogP contribution >= 0.6 is 11.3 Å². The van der Waals surface area contributed by atoms with Crippen LogP contribution in [0.4, 0.5) is 18.2 Å². The highest BCUT2D eigenvalue weighted by atomic mass is 32.2. The van der Waals surface area contributed by atoms with Crippen LogP contribution in [0, 0.1) is 18.8 Å². The van der Waals surface area contributed by atoms with Crippen LogP contribution in [0.1, 0.15) is 52.5 Å². The first kappa shape index (κ1) is 27.9. The van der Waals surface area contributed by atoms with Gasteiger partial charge < -0.3 is 4.90 Å². The minimum Gasteiger partial charge on any atom is -0.302 e. The first-order valence-electron chi connectivity index (χ1n) is 11.6. The third kappa shape index (κ3) is 8.76. The number of benzene rings is 1. The molecular weight excluding hydrogens is 469 g/mol. The van der Waals surface area contributed by atoms with Crippen molar-refractivity contribution in [3.63, 3.8) is 0 Å². The monoisotopic (exact) mass is 506 g/mol. The van der Waals surface area contributed by atoms with E-state index in [2.05, 4.69) is 32.6 Å². The molecule has 0 amide bonds. The molecule has 1 aromatic heterocycles. The Kier molecular flexibility index (Phi) is 10.1. The Labute approximate surface area is 200 Å². The van der Waals surface area contributed by atoms with Gasteiger partial charge in [-0.2, -0.15) is 13.2 Å². The minimum atomic E-state index is -4.23. The zero-order valence-electron chi connectivity index (χ0n) is 20.3. The van der Waals surface area contributed by atoms with E-state index in [9.17, 15) is 21.6 Å². The number of aryl methyl sites for hydroxylation is 1. The number of sulfonamides is 1. The number of fused-ring (bicyclic) bond motifs is 1. The van der Waals surface area contributed by atoms with Crippen molar-refractivity contribution in [3.8, 4) is 0 Å². The maximum absolute atomic E-state index is 13.5. The lowest BCUT2D eigenvalue weighted by Crippen LogP contribution is -2.40. The Bertz CT molecular complexity index is 975. The van der Waals surface area contributed by atoms with Crippen LogP contribution in [0.3, 0.4) is 0 Å². The summed E-state index contributed by atoms with van der Waals surface area (Å²) >= 11 is 1.39. The first-order valence-corrected chi connectivity index (χ1v) is 14.0. The highest BCUT2D eigenvalue weighted by Gasteiger charge is 2.29. The molecule has 0 saturated carbocycles. The molecule has 0 aliphatic carbocycles. The van der Waals surface area contributed by atoms with Crippen molar-refractivity contribution in [2.75, 3.05) is 36.2 Å². The molecule has 188 valence electrons. The van der Waals surface area contributed by atoms with Gasteiger partial charge in [-0.1, -0.05) is 45.9 Å². The average Bonchev–Trinajstić information content (AvgIpc) is 3.01. The first-order chi connectivity index (χ1) is 15.3. The highest BCUT2D eigenvalue weighted by Crippen LogP contribution is 2.39. The number of halogens is 3. The maximum Gasteiger partial charge on any atom is 0.389 e. The Morgan fingerprint density at radius 2 is 1.58 bits per heavy atom. The van der Waals surface area contributed by atoms with Crippen LogP contribution in [0.2, 0.25) is 0 Å². The Balaban J connectivity index is 2.27. The van der Waals surface area contributed by atoms with Crippen molar-refractivity contribution in [3.05, 3.63) is 29.8 Å². The van der Waals surface area contributed by atoms with Gasteiger partial charge in [-0.15, -0.1) is 11.3 Å². The Hall–Kier alpha value is -1.32. The number of hydrogen-bond donors (Lipinski definition) is 0. The van der Waals surface area contributed by atoms with Gasteiger partial charge in [0.05, 0.1) is 5.75 Å². The second-order valence-corrected chi connectivity index (χ2v) is 12.6. The van der Waals surface area contributed by atoms with E-state index in [1.54, 1.807) is 0 Å². The molecule has 0 spiro atoms. The topological polar surface area (TPSA) is 40.6 Å². The molecule has 33 heavy (non-hydrogen) atoms. The molecule has 0 aliphatic heterocycles. The van der Waals surface area contributed by atoms with E-state index in [4.69, 9.17) is 0 Å². The number of alkyl halides is 3. The van der Waals surface area contributed by atoms with E-state index in [1.165, 1.54) is 15.6 Å². The summed E-state index contributed by atoms with van der Waals surface area (Å²) in [6, 6.07) is 7.70. The predicted octanol–water partition coefficient (Wildman–Crippen LogP) is 6.69. The quantitative estimate of drug-likeness (QED) is 0.284. The lowest BCUT2D eigenvalue weighted by Gasteiger charge is -2.29. The lowest BCUT2D eigenvalue weighted by atomic mass is 10.1. The highest BCUT2D eigenvalue weighted by molar-refractivity contribution is 7.93. The summed E-state index contributed by atoms with van der Waals surface area (Å²) < 4.78 is 67.2. The molecule has 0 N–H and O–H groups in total. The third-order valence-corrected chi connectivity index (χ3v) is 8.51. The summed E-state index contributed by atoms with van der Waals surface area (Å²) in [7, 11) is -3.71. The van der Waals surface area contributed by atoms with Crippen LogP contribution < -0.4 is 4.31 Å². The zero-order chi connectivity index (χ0) is 24.8. The van der Waals surface area contributed by atoms with Gasteiger partial charge in [0.15, 0.2) is 0 Å². The van der Waals surface area contributed by atoms with Crippen molar-refractivity contribution >= 4 is 36.4 Å². The predicted molar refractivity (Wildman–Crippen MR) is 134 cm³/mol. The standard InChI is InChI=1S/C24H37F3N2O2S2/c1-18(2)16-28(17-19(3)4)14-15-33(30,31)29(13-9-8-12-24(25,26)27)23-20(5)21-10-6-7-11-22(21)32-23/h6-7,10-11,18-19H,8-9,12-17H2,1-5H3. The van der Waals surface area contributed by atoms with Crippen molar-refractivity contribution in [2.45, 2.75) is 60.1 Å². The summed E-state index contributed by atoms with van der Waals surface area (Å²) in [5.41, 5.74) is 0.858. The molecule has 0 atom stereocenters. The number of hydrogen-bond acceptors (Lipinski definition) is 4. The molecule has 2 rings (SSSR count). The summed E-state index contributed by atoms with van der Waals surface area (Å²) in [6.07, 6.45) is -5.06. The molecule has 0 fully saturated rings. The normalized spacial score (nSPS) is 13.1. The van der Waals surface area contributed by atoms with Crippen LogP contribution in [-0.4, -0.2) is 51.4 Å². The molecule has 4 nitrogen and oxygen atoms in total. The minimum absolute atomic E-state index is 0.0560. The number of thiophene rings is 1. The fraction of sp³-hybridized carbons (Fsp3) is 0.667. The smallest absolute Gasteiger partial charge is 0.302 e. The second kappa shape index (κ2) is 11.9. The molecular formula is C24H37F3N2O2S2. The number of nitrogens with zero attached hydrogens (tertiary/aromatic N) is 2. The van der Waals surface area contributed by atoms with E-state index in [0.29, 0.717) is 23.4 Å². The number of anilines is 1. The number of rotatable bonds is 13. The van der Waals surface area contributed by atoms with Crippen LogP contribution in [-0.2, 0) is 10.0 Å².